The first-order valence-corrected chi connectivity index (χ1v) is 7.86. The summed E-state index contributed by atoms with van der Waals surface area (Å²) in [6.45, 7) is 0.777. The van der Waals surface area contributed by atoms with Crippen LogP contribution in [0.2, 0.25) is 0 Å². The van der Waals surface area contributed by atoms with E-state index < -0.39 is 9.84 Å². The van der Waals surface area contributed by atoms with Crippen molar-refractivity contribution in [3.05, 3.63) is 12.4 Å². The standard InChI is InChI=1S/C11H17N3O2S/c1-17(15,16)10-6-12-14(7-10)8-11-4-2-9(13-11)3-5-11/h6-7,9,13H,2-5,8H2,1H3. The van der Waals surface area contributed by atoms with Crippen LogP contribution in [0.1, 0.15) is 25.7 Å². The number of nitrogens with zero attached hydrogens (tertiary/aromatic N) is 2. The third-order valence-electron chi connectivity index (χ3n) is 3.96. The number of nitrogens with one attached hydrogen (secondary N) is 1. The Morgan fingerprint density at radius 2 is 2.24 bits per heavy atom. The van der Waals surface area contributed by atoms with Crippen LogP contribution in [0, 0.1) is 0 Å². The lowest BCUT2D eigenvalue weighted by Crippen LogP contribution is -2.40. The van der Waals surface area contributed by atoms with E-state index in [1.165, 1.54) is 38.1 Å². The fourth-order valence-electron chi connectivity index (χ4n) is 3.03. The summed E-state index contributed by atoms with van der Waals surface area (Å²) < 4.78 is 24.5. The summed E-state index contributed by atoms with van der Waals surface area (Å²) in [5, 5.41) is 7.78. The first kappa shape index (κ1) is 11.2. The summed E-state index contributed by atoms with van der Waals surface area (Å²) in [4.78, 5) is 0.307. The molecule has 2 fully saturated rings. The minimum absolute atomic E-state index is 0.158. The summed E-state index contributed by atoms with van der Waals surface area (Å²) in [6.07, 6.45) is 9.11. The van der Waals surface area contributed by atoms with Crippen molar-refractivity contribution in [1.82, 2.24) is 15.1 Å². The average Bonchev–Trinajstić information content (AvgIpc) is 2.90. The molecule has 1 N–H and O–H groups in total. The SMILES string of the molecule is CS(=O)(=O)c1cnn(CC23CCC(CC2)N3)c1. The van der Waals surface area contributed by atoms with Crippen molar-refractivity contribution in [3.63, 3.8) is 0 Å². The highest BCUT2D eigenvalue weighted by Gasteiger charge is 2.44. The number of sulfone groups is 1. The lowest BCUT2D eigenvalue weighted by atomic mass is 9.88. The van der Waals surface area contributed by atoms with E-state index in [-0.39, 0.29) is 5.54 Å². The van der Waals surface area contributed by atoms with Crippen molar-refractivity contribution in [2.45, 2.75) is 48.7 Å². The van der Waals surface area contributed by atoms with E-state index in [2.05, 4.69) is 10.4 Å². The number of aromatic nitrogens is 2. The molecule has 0 saturated carbocycles. The van der Waals surface area contributed by atoms with Gasteiger partial charge in [-0.3, -0.25) is 4.68 Å². The fraction of sp³-hybridized carbons (Fsp3) is 0.727. The predicted molar refractivity (Wildman–Crippen MR) is 63.5 cm³/mol. The molecular weight excluding hydrogens is 238 g/mol. The van der Waals surface area contributed by atoms with Crippen LogP contribution >= 0.6 is 0 Å². The van der Waals surface area contributed by atoms with E-state index in [1.54, 1.807) is 10.9 Å². The normalized spacial score (nSPS) is 32.2. The van der Waals surface area contributed by atoms with E-state index >= 15 is 0 Å². The molecule has 6 heteroatoms. The van der Waals surface area contributed by atoms with Crippen molar-refractivity contribution in [2.75, 3.05) is 6.26 Å². The van der Waals surface area contributed by atoms with Gasteiger partial charge in [-0.1, -0.05) is 0 Å². The summed E-state index contributed by atoms with van der Waals surface area (Å²) >= 11 is 0. The molecule has 1 aromatic rings. The maximum atomic E-state index is 11.4. The van der Waals surface area contributed by atoms with Crippen molar-refractivity contribution in [3.8, 4) is 0 Å². The zero-order valence-electron chi connectivity index (χ0n) is 9.89. The second kappa shape index (κ2) is 3.55. The Hall–Kier alpha value is -0.880. The van der Waals surface area contributed by atoms with E-state index in [4.69, 9.17) is 0 Å². The second-order valence-electron chi connectivity index (χ2n) is 5.34. The molecule has 0 spiro atoms. The molecule has 3 rings (SSSR count). The Kier molecular flexibility index (Phi) is 2.35. The highest BCUT2D eigenvalue weighted by Crippen LogP contribution is 2.38. The Labute approximate surface area is 101 Å². The monoisotopic (exact) mass is 255 g/mol. The fourth-order valence-corrected chi connectivity index (χ4v) is 3.58. The lowest BCUT2D eigenvalue weighted by Gasteiger charge is -2.25. The van der Waals surface area contributed by atoms with Crippen LogP contribution in [-0.2, 0) is 16.4 Å². The third kappa shape index (κ3) is 1.99. The van der Waals surface area contributed by atoms with E-state index in [0.717, 1.165) is 6.54 Å². The van der Waals surface area contributed by atoms with Crippen LogP contribution in [-0.4, -0.2) is 36.0 Å². The molecule has 17 heavy (non-hydrogen) atoms. The van der Waals surface area contributed by atoms with Gasteiger partial charge in [-0.15, -0.1) is 0 Å². The summed E-state index contributed by atoms with van der Waals surface area (Å²) in [5.41, 5.74) is 0.158. The van der Waals surface area contributed by atoms with Gasteiger partial charge in [0.05, 0.1) is 12.7 Å². The van der Waals surface area contributed by atoms with Gasteiger partial charge in [-0.2, -0.15) is 5.10 Å². The van der Waals surface area contributed by atoms with Gasteiger partial charge in [-0.05, 0) is 25.7 Å². The smallest absolute Gasteiger partial charge is 0.178 e. The molecule has 0 atom stereocenters. The highest BCUT2D eigenvalue weighted by molar-refractivity contribution is 7.90. The molecule has 2 saturated heterocycles. The molecule has 0 amide bonds. The third-order valence-corrected chi connectivity index (χ3v) is 5.02. The van der Waals surface area contributed by atoms with Crippen LogP contribution in [0.3, 0.4) is 0 Å². The van der Waals surface area contributed by atoms with Crippen molar-refractivity contribution in [2.24, 2.45) is 0 Å². The first-order chi connectivity index (χ1) is 7.97. The van der Waals surface area contributed by atoms with E-state index in [0.29, 0.717) is 10.9 Å². The van der Waals surface area contributed by atoms with Gasteiger partial charge in [0.2, 0.25) is 0 Å². The molecule has 5 nitrogen and oxygen atoms in total. The molecule has 0 radical (unpaired) electrons. The van der Waals surface area contributed by atoms with Gasteiger partial charge in [0, 0.05) is 24.0 Å². The Morgan fingerprint density at radius 3 is 2.71 bits per heavy atom. The van der Waals surface area contributed by atoms with Gasteiger partial charge in [0.1, 0.15) is 4.90 Å². The van der Waals surface area contributed by atoms with E-state index in [9.17, 15) is 8.42 Å². The van der Waals surface area contributed by atoms with Gasteiger partial charge in [0.25, 0.3) is 0 Å². The molecule has 0 unspecified atom stereocenters. The van der Waals surface area contributed by atoms with Crippen LogP contribution in [0.4, 0.5) is 0 Å². The molecule has 94 valence electrons. The number of hydrogen-bond donors (Lipinski definition) is 1. The minimum Gasteiger partial charge on any atom is -0.307 e. The molecular formula is C11H17N3O2S. The summed E-state index contributed by atoms with van der Waals surface area (Å²) in [7, 11) is -3.14. The van der Waals surface area contributed by atoms with Crippen LogP contribution in [0.5, 0.6) is 0 Å². The maximum absolute atomic E-state index is 11.4. The number of fused-ring (bicyclic) bond motifs is 2. The van der Waals surface area contributed by atoms with Crippen LogP contribution in [0.25, 0.3) is 0 Å². The minimum atomic E-state index is -3.14. The number of hydrogen-bond acceptors (Lipinski definition) is 4. The quantitative estimate of drug-likeness (QED) is 0.857. The maximum Gasteiger partial charge on any atom is 0.178 e. The lowest BCUT2D eigenvalue weighted by molar-refractivity contribution is 0.315. The predicted octanol–water partition coefficient (Wildman–Crippen LogP) is 0.571. The summed E-state index contributed by atoms with van der Waals surface area (Å²) in [6, 6.07) is 0.667. The molecule has 2 bridgehead atoms. The average molecular weight is 255 g/mol. The van der Waals surface area contributed by atoms with Crippen molar-refractivity contribution in [1.29, 1.82) is 0 Å². The topological polar surface area (TPSA) is 64.0 Å². The van der Waals surface area contributed by atoms with Crippen LogP contribution < -0.4 is 5.32 Å². The second-order valence-corrected chi connectivity index (χ2v) is 7.36. The first-order valence-electron chi connectivity index (χ1n) is 5.97. The molecule has 0 aromatic carbocycles. The summed E-state index contributed by atoms with van der Waals surface area (Å²) in [5.74, 6) is 0. The van der Waals surface area contributed by atoms with Gasteiger partial charge in [0.15, 0.2) is 9.84 Å². The molecule has 2 aliphatic rings. The van der Waals surface area contributed by atoms with E-state index in [1.807, 2.05) is 0 Å². The zero-order valence-corrected chi connectivity index (χ0v) is 10.7. The van der Waals surface area contributed by atoms with Gasteiger partial charge >= 0.3 is 0 Å². The largest absolute Gasteiger partial charge is 0.307 e. The van der Waals surface area contributed by atoms with Crippen molar-refractivity contribution < 1.29 is 8.42 Å². The highest BCUT2D eigenvalue weighted by atomic mass is 32.2. The Balaban J connectivity index is 1.80. The van der Waals surface area contributed by atoms with Crippen molar-refractivity contribution >= 4 is 9.84 Å². The Bertz CT molecular complexity index is 527. The molecule has 3 heterocycles. The molecule has 1 aromatic heterocycles. The molecule has 2 aliphatic heterocycles. The Morgan fingerprint density at radius 1 is 1.53 bits per heavy atom. The van der Waals surface area contributed by atoms with Gasteiger partial charge in [-0.25, -0.2) is 8.42 Å². The van der Waals surface area contributed by atoms with Gasteiger partial charge < -0.3 is 5.32 Å². The van der Waals surface area contributed by atoms with Crippen LogP contribution in [0.15, 0.2) is 17.3 Å². The zero-order chi connectivity index (χ0) is 12.1. The number of rotatable bonds is 3. The molecule has 0 aliphatic carbocycles.